The number of fused-ring (bicyclic) bond motifs is 2. The van der Waals surface area contributed by atoms with Gasteiger partial charge >= 0.3 is 6.36 Å². The van der Waals surface area contributed by atoms with E-state index in [4.69, 9.17) is 11.6 Å². The number of hydrogen-bond donors (Lipinski definition) is 1. The molecule has 0 unspecified atom stereocenters. The SMILES string of the molecule is Cc1nc2cnc(N(C)C3CCN(C4CC(OC(F)(F)F)C4)CC3)c(C#N)c2c(=O)n1CC#Cc1ccc(Cl)cc1-c1ccnc2c(C(=O)NS(=O)(=O)c3cccnc3)csc12. The van der Waals surface area contributed by atoms with Crippen molar-refractivity contribution in [2.24, 2.45) is 0 Å². The fourth-order valence-corrected chi connectivity index (χ4v) is 10.0. The van der Waals surface area contributed by atoms with E-state index in [1.54, 1.807) is 31.2 Å². The summed E-state index contributed by atoms with van der Waals surface area (Å²) in [6, 6.07) is 11.8. The molecule has 2 aliphatic rings. The largest absolute Gasteiger partial charge is 0.522 e. The zero-order valence-corrected chi connectivity index (χ0v) is 35.4. The number of aryl methyl sites for hydroxylation is 1. The summed E-state index contributed by atoms with van der Waals surface area (Å²) in [5.74, 6) is 6.05. The van der Waals surface area contributed by atoms with Crippen LogP contribution >= 0.6 is 22.9 Å². The summed E-state index contributed by atoms with van der Waals surface area (Å²) in [6.45, 7) is 2.90. The number of ether oxygens (including phenoxy) is 1. The third kappa shape index (κ3) is 8.59. The van der Waals surface area contributed by atoms with E-state index in [1.165, 1.54) is 52.0 Å². The number of likely N-dealkylation sites (tertiary alicyclic amines) is 1. The van der Waals surface area contributed by atoms with E-state index in [2.05, 4.69) is 52.2 Å². The summed E-state index contributed by atoms with van der Waals surface area (Å²) in [4.78, 5) is 48.7. The van der Waals surface area contributed by atoms with Crippen molar-refractivity contribution in [1.82, 2.24) is 34.1 Å². The van der Waals surface area contributed by atoms with Crippen LogP contribution in [0.3, 0.4) is 0 Å². The molecule has 1 saturated carbocycles. The Labute approximate surface area is 362 Å². The summed E-state index contributed by atoms with van der Waals surface area (Å²) in [6.07, 6.45) is 2.10. The highest BCUT2D eigenvalue weighted by atomic mass is 35.5. The number of sulfonamides is 1. The Balaban J connectivity index is 1.03. The number of alkyl halides is 3. The van der Waals surface area contributed by atoms with Gasteiger partial charge in [0, 0.05) is 77.9 Å². The van der Waals surface area contributed by atoms with Crippen molar-refractivity contribution >= 4 is 65.8 Å². The van der Waals surface area contributed by atoms with Crippen LogP contribution in [0.15, 0.2) is 76.3 Å². The van der Waals surface area contributed by atoms with Crippen LogP contribution in [0.4, 0.5) is 19.0 Å². The van der Waals surface area contributed by atoms with Gasteiger partial charge in [-0.15, -0.1) is 24.5 Å². The van der Waals surface area contributed by atoms with Crippen LogP contribution in [0.1, 0.15) is 53.0 Å². The van der Waals surface area contributed by atoms with Gasteiger partial charge in [-0.1, -0.05) is 23.4 Å². The second-order valence-electron chi connectivity index (χ2n) is 14.9. The Morgan fingerprint density at radius 3 is 2.60 bits per heavy atom. The highest BCUT2D eigenvalue weighted by Gasteiger charge is 2.43. The Bertz CT molecular complexity index is 3010. The smallest absolute Gasteiger partial charge is 0.355 e. The minimum atomic E-state index is -4.64. The quantitative estimate of drug-likeness (QED) is 0.158. The lowest BCUT2D eigenvalue weighted by atomic mass is 9.86. The van der Waals surface area contributed by atoms with E-state index in [0.29, 0.717) is 76.8 Å². The Kier molecular flexibility index (Phi) is 11.8. The number of hydrogen-bond acceptors (Lipinski definition) is 13. The number of benzene rings is 1. The molecule has 8 rings (SSSR count). The molecule has 14 nitrogen and oxygen atoms in total. The maximum absolute atomic E-state index is 14.2. The van der Waals surface area contributed by atoms with Crippen LogP contribution in [0, 0.1) is 30.1 Å². The first-order valence-electron chi connectivity index (χ1n) is 19.3. The van der Waals surface area contributed by atoms with Gasteiger partial charge in [0.05, 0.1) is 45.5 Å². The number of pyridine rings is 3. The first-order valence-corrected chi connectivity index (χ1v) is 22.0. The van der Waals surface area contributed by atoms with Crippen LogP contribution in [0.25, 0.3) is 32.2 Å². The third-order valence-electron chi connectivity index (χ3n) is 11.2. The molecule has 0 atom stereocenters. The first-order chi connectivity index (χ1) is 29.6. The maximum atomic E-state index is 14.2. The number of amides is 1. The molecular formula is C42H35ClF3N9O5S2. The predicted molar refractivity (Wildman–Crippen MR) is 226 cm³/mol. The number of nitrogens with zero attached hydrogens (tertiary/aromatic N) is 8. The van der Waals surface area contributed by atoms with E-state index >= 15 is 0 Å². The summed E-state index contributed by atoms with van der Waals surface area (Å²) in [7, 11) is -2.38. The molecule has 1 aliphatic carbocycles. The Hall–Kier alpha value is -5.96. The number of nitriles is 1. The molecule has 0 spiro atoms. The lowest BCUT2D eigenvalue weighted by molar-refractivity contribution is -0.354. The lowest BCUT2D eigenvalue weighted by Crippen LogP contribution is -2.54. The zero-order valence-electron chi connectivity index (χ0n) is 33.0. The maximum Gasteiger partial charge on any atom is 0.522 e. The van der Waals surface area contributed by atoms with Gasteiger partial charge in [0.2, 0.25) is 0 Å². The molecule has 6 heterocycles. The fraction of sp³-hybridized carbons (Fsp3) is 0.310. The van der Waals surface area contributed by atoms with Crippen molar-refractivity contribution in [3.63, 3.8) is 0 Å². The second-order valence-corrected chi connectivity index (χ2v) is 17.9. The number of rotatable bonds is 9. The number of nitrogens with one attached hydrogen (secondary N) is 1. The molecule has 2 fully saturated rings. The zero-order chi connectivity index (χ0) is 43.9. The van der Waals surface area contributed by atoms with Gasteiger partial charge in [0.25, 0.3) is 21.5 Å². The van der Waals surface area contributed by atoms with E-state index in [0.717, 1.165) is 6.20 Å². The number of carbonyl (C=O) groups is 1. The van der Waals surface area contributed by atoms with E-state index in [1.807, 2.05) is 11.9 Å². The van der Waals surface area contributed by atoms with Crippen LogP contribution < -0.4 is 15.2 Å². The molecule has 1 aromatic carbocycles. The topological polar surface area (TPSA) is 176 Å². The van der Waals surface area contributed by atoms with Crippen molar-refractivity contribution in [2.45, 2.75) is 68.6 Å². The van der Waals surface area contributed by atoms with Gasteiger partial charge in [-0.3, -0.25) is 28.9 Å². The van der Waals surface area contributed by atoms with Gasteiger partial charge in [-0.05, 0) is 69.0 Å². The van der Waals surface area contributed by atoms with Gasteiger partial charge in [0.15, 0.2) is 0 Å². The number of thiophene rings is 1. The standard InChI is InChI=1S/C42H35ClF3N9O5S2/c1-24-51-35-22-50-39(53(2)27-10-15-54(16-11-27)28-18-29(19-28)60-42(44,45)46)33(20-47)36(35)41(57)55(24)14-4-5-25-7-8-26(43)17-32(25)31-9-13-49-37-34(23-61-38(31)37)40(56)52-62(58,59)30-6-3-12-48-21-30/h3,6-9,12-13,17,21-23,27-29H,10-11,14-16,18-19H2,1-2H3,(H,52,56). The van der Waals surface area contributed by atoms with Crippen molar-refractivity contribution in [2.75, 3.05) is 25.0 Å². The van der Waals surface area contributed by atoms with Crippen molar-refractivity contribution in [3.8, 4) is 29.0 Å². The van der Waals surface area contributed by atoms with Gasteiger partial charge < -0.3 is 9.80 Å². The van der Waals surface area contributed by atoms with Crippen molar-refractivity contribution in [1.29, 1.82) is 5.26 Å². The monoisotopic (exact) mass is 901 g/mol. The average Bonchev–Trinajstić information content (AvgIpc) is 3.68. The van der Waals surface area contributed by atoms with E-state index in [-0.39, 0.29) is 51.1 Å². The first kappa shape index (κ1) is 42.7. The van der Waals surface area contributed by atoms with Gasteiger partial charge in [-0.2, -0.15) is 5.26 Å². The summed E-state index contributed by atoms with van der Waals surface area (Å²) in [5, 5.41) is 12.5. The van der Waals surface area contributed by atoms with Crippen LogP contribution in [-0.4, -0.2) is 88.4 Å². The van der Waals surface area contributed by atoms with Gasteiger partial charge in [-0.25, -0.2) is 23.1 Å². The Morgan fingerprint density at radius 2 is 1.89 bits per heavy atom. The van der Waals surface area contributed by atoms with Crippen molar-refractivity contribution < 1.29 is 31.1 Å². The molecule has 62 heavy (non-hydrogen) atoms. The molecule has 318 valence electrons. The molecule has 0 radical (unpaired) electrons. The van der Waals surface area contributed by atoms with Crippen molar-refractivity contribution in [3.05, 3.63) is 104 Å². The summed E-state index contributed by atoms with van der Waals surface area (Å²) < 4.78 is 71.8. The molecule has 20 heteroatoms. The number of anilines is 1. The van der Waals surface area contributed by atoms with Crippen LogP contribution in [0.2, 0.25) is 5.02 Å². The van der Waals surface area contributed by atoms with Crippen LogP contribution in [0.5, 0.6) is 0 Å². The number of aromatic nitrogens is 5. The number of piperidine rings is 1. The highest BCUT2D eigenvalue weighted by molar-refractivity contribution is 7.90. The third-order valence-corrected chi connectivity index (χ3v) is 13.7. The normalized spacial score (nSPS) is 17.2. The molecular weight excluding hydrogens is 867 g/mol. The molecule has 1 amide bonds. The number of halogens is 4. The molecule has 6 aromatic rings. The molecule has 0 bridgehead atoms. The Morgan fingerprint density at radius 1 is 1.11 bits per heavy atom. The fourth-order valence-electron chi connectivity index (χ4n) is 7.91. The second kappa shape index (κ2) is 17.1. The lowest BCUT2D eigenvalue weighted by Gasteiger charge is -2.46. The minimum Gasteiger partial charge on any atom is -0.355 e. The average molecular weight is 902 g/mol. The molecule has 1 aliphatic heterocycles. The number of carbonyl (C=O) groups excluding carboxylic acids is 1. The molecule has 1 saturated heterocycles. The molecule has 1 N–H and O–H groups in total. The van der Waals surface area contributed by atoms with Gasteiger partial charge in [0.1, 0.15) is 28.2 Å². The molecule has 5 aromatic heterocycles. The highest BCUT2D eigenvalue weighted by Crippen LogP contribution is 2.38. The van der Waals surface area contributed by atoms with Crippen LogP contribution in [-0.2, 0) is 21.3 Å². The minimum absolute atomic E-state index is 0.0265. The summed E-state index contributed by atoms with van der Waals surface area (Å²) >= 11 is 7.67. The van der Waals surface area contributed by atoms with E-state index in [9.17, 15) is 36.4 Å². The summed E-state index contributed by atoms with van der Waals surface area (Å²) in [5.41, 5.74) is 2.01. The van der Waals surface area contributed by atoms with E-state index < -0.39 is 34.0 Å². The predicted octanol–water partition coefficient (Wildman–Crippen LogP) is 6.44.